The predicted molar refractivity (Wildman–Crippen MR) is 101 cm³/mol. The molecular weight excluding hydrogens is 390 g/mol. The zero-order valence-corrected chi connectivity index (χ0v) is 15.4. The zero-order chi connectivity index (χ0) is 17.5. The fourth-order valence-corrected chi connectivity index (χ4v) is 2.93. The summed E-state index contributed by atoms with van der Waals surface area (Å²) in [5, 5.41) is 10.0. The van der Waals surface area contributed by atoms with Crippen LogP contribution in [-0.4, -0.2) is 13.7 Å². The third-order valence-electron chi connectivity index (χ3n) is 3.19. The van der Waals surface area contributed by atoms with Crippen LogP contribution in [0.15, 0.2) is 53.5 Å². The summed E-state index contributed by atoms with van der Waals surface area (Å²) in [5.41, 5.74) is 1.94. The molecule has 0 atom stereocenters. The molecule has 2 rings (SSSR count). The highest BCUT2D eigenvalue weighted by atomic mass is 79.9. The molecule has 0 unspecified atom stereocenters. The van der Waals surface area contributed by atoms with Crippen LogP contribution in [0.25, 0.3) is 11.6 Å². The van der Waals surface area contributed by atoms with E-state index in [0.717, 1.165) is 10.0 Å². The van der Waals surface area contributed by atoms with Crippen LogP contribution in [0.1, 0.15) is 11.1 Å². The summed E-state index contributed by atoms with van der Waals surface area (Å²) in [7, 11) is 1.56. The maximum atomic E-state index is 9.48. The first-order chi connectivity index (χ1) is 11.6. The number of halogens is 2. The van der Waals surface area contributed by atoms with Crippen molar-refractivity contribution < 1.29 is 9.47 Å². The number of benzene rings is 2. The Hall–Kier alpha value is -2.22. The van der Waals surface area contributed by atoms with Gasteiger partial charge in [-0.3, -0.25) is 0 Å². The third kappa shape index (κ3) is 4.19. The van der Waals surface area contributed by atoms with Crippen molar-refractivity contribution in [1.29, 1.82) is 5.26 Å². The highest BCUT2D eigenvalue weighted by molar-refractivity contribution is 9.10. The summed E-state index contributed by atoms with van der Waals surface area (Å²) in [6.07, 6.45) is 3.41. The number of rotatable bonds is 6. The van der Waals surface area contributed by atoms with Crippen molar-refractivity contribution in [2.45, 2.75) is 0 Å². The maximum Gasteiger partial charge on any atom is 0.175 e. The van der Waals surface area contributed by atoms with Crippen molar-refractivity contribution >= 4 is 39.2 Å². The first-order valence-corrected chi connectivity index (χ1v) is 8.25. The fraction of sp³-hybridized carbons (Fsp3) is 0.105. The molecule has 0 aliphatic heterocycles. The molecule has 122 valence electrons. The summed E-state index contributed by atoms with van der Waals surface area (Å²) in [4.78, 5) is 0. The van der Waals surface area contributed by atoms with E-state index >= 15 is 0 Å². The molecule has 2 aromatic rings. The van der Waals surface area contributed by atoms with E-state index in [0.29, 0.717) is 34.3 Å². The first kappa shape index (κ1) is 18.1. The van der Waals surface area contributed by atoms with E-state index in [1.165, 1.54) is 0 Å². The summed E-state index contributed by atoms with van der Waals surface area (Å²) in [6, 6.07) is 13.1. The van der Waals surface area contributed by atoms with Crippen LogP contribution in [0.5, 0.6) is 11.5 Å². The molecule has 0 saturated carbocycles. The standard InChI is InChI=1S/C19H15BrClNO2/c1-3-8-24-19-16(20)10-13(11-18(19)23-2)9-14(12-22)15-6-4-5-7-17(15)21/h3-7,9-11H,1,8H2,2H3. The minimum atomic E-state index is 0.368. The van der Waals surface area contributed by atoms with E-state index in [-0.39, 0.29) is 0 Å². The second-order valence-corrected chi connectivity index (χ2v) is 6.04. The van der Waals surface area contributed by atoms with Crippen molar-refractivity contribution in [3.8, 4) is 17.6 Å². The summed E-state index contributed by atoms with van der Waals surface area (Å²) < 4.78 is 11.7. The van der Waals surface area contributed by atoms with Gasteiger partial charge in [0.15, 0.2) is 11.5 Å². The summed E-state index contributed by atoms with van der Waals surface area (Å²) in [5.74, 6) is 1.15. The summed E-state index contributed by atoms with van der Waals surface area (Å²) >= 11 is 9.65. The molecule has 0 N–H and O–H groups in total. The molecule has 3 nitrogen and oxygen atoms in total. The quantitative estimate of drug-likeness (QED) is 0.350. The lowest BCUT2D eigenvalue weighted by Crippen LogP contribution is -1.98. The average molecular weight is 405 g/mol. The fourth-order valence-electron chi connectivity index (χ4n) is 2.12. The van der Waals surface area contributed by atoms with E-state index in [4.69, 9.17) is 21.1 Å². The van der Waals surface area contributed by atoms with Gasteiger partial charge in [-0.2, -0.15) is 5.26 Å². The minimum absolute atomic E-state index is 0.368. The van der Waals surface area contributed by atoms with Gasteiger partial charge in [0.05, 0.1) is 23.2 Å². The van der Waals surface area contributed by atoms with Crippen LogP contribution in [0.3, 0.4) is 0 Å². The number of methoxy groups -OCH3 is 1. The van der Waals surface area contributed by atoms with Crippen LogP contribution >= 0.6 is 27.5 Å². The molecule has 0 amide bonds. The third-order valence-corrected chi connectivity index (χ3v) is 4.11. The van der Waals surface area contributed by atoms with E-state index in [2.05, 4.69) is 28.6 Å². The number of ether oxygens (including phenoxy) is 2. The second kappa shape index (κ2) is 8.58. The van der Waals surface area contributed by atoms with Crippen LogP contribution < -0.4 is 9.47 Å². The Morgan fingerprint density at radius 3 is 2.75 bits per heavy atom. The number of hydrogen-bond acceptors (Lipinski definition) is 3. The predicted octanol–water partition coefficient (Wildman–Crippen LogP) is 5.74. The Bertz CT molecular complexity index is 825. The van der Waals surface area contributed by atoms with Gasteiger partial charge in [0.1, 0.15) is 6.61 Å². The Morgan fingerprint density at radius 1 is 1.38 bits per heavy atom. The molecule has 2 aromatic carbocycles. The van der Waals surface area contributed by atoms with E-state index in [1.54, 1.807) is 31.4 Å². The molecule has 0 saturated heterocycles. The number of nitriles is 1. The smallest absolute Gasteiger partial charge is 0.175 e. The molecule has 0 radical (unpaired) electrons. The van der Waals surface area contributed by atoms with Gasteiger partial charge in [-0.25, -0.2) is 0 Å². The van der Waals surface area contributed by atoms with Gasteiger partial charge in [-0.05, 0) is 45.8 Å². The van der Waals surface area contributed by atoms with Crippen molar-refractivity contribution in [3.63, 3.8) is 0 Å². The lowest BCUT2D eigenvalue weighted by atomic mass is 10.0. The molecule has 24 heavy (non-hydrogen) atoms. The number of hydrogen-bond donors (Lipinski definition) is 0. The molecule has 0 heterocycles. The molecule has 0 spiro atoms. The average Bonchev–Trinajstić information content (AvgIpc) is 2.59. The monoisotopic (exact) mass is 403 g/mol. The number of allylic oxidation sites excluding steroid dienone is 1. The van der Waals surface area contributed by atoms with Gasteiger partial charge in [-0.15, -0.1) is 0 Å². The first-order valence-electron chi connectivity index (χ1n) is 7.08. The van der Waals surface area contributed by atoms with Crippen LogP contribution in [0.2, 0.25) is 5.02 Å². The van der Waals surface area contributed by atoms with Gasteiger partial charge >= 0.3 is 0 Å². The van der Waals surface area contributed by atoms with Crippen molar-refractivity contribution in [1.82, 2.24) is 0 Å². The molecule has 0 fully saturated rings. The maximum absolute atomic E-state index is 9.48. The highest BCUT2D eigenvalue weighted by Crippen LogP contribution is 2.38. The highest BCUT2D eigenvalue weighted by Gasteiger charge is 2.12. The Balaban J connectivity index is 2.48. The minimum Gasteiger partial charge on any atom is -0.493 e. The Labute approximate surface area is 154 Å². The second-order valence-electron chi connectivity index (χ2n) is 4.78. The van der Waals surface area contributed by atoms with Crippen LogP contribution in [0, 0.1) is 11.3 Å². The lowest BCUT2D eigenvalue weighted by Gasteiger charge is -2.12. The lowest BCUT2D eigenvalue weighted by molar-refractivity contribution is 0.324. The largest absolute Gasteiger partial charge is 0.493 e. The van der Waals surface area contributed by atoms with Crippen LogP contribution in [0.4, 0.5) is 0 Å². The van der Waals surface area contributed by atoms with Gasteiger partial charge < -0.3 is 9.47 Å². The van der Waals surface area contributed by atoms with E-state index in [9.17, 15) is 5.26 Å². The topological polar surface area (TPSA) is 42.2 Å². The molecule has 0 bridgehead atoms. The van der Waals surface area contributed by atoms with E-state index < -0.39 is 0 Å². The Morgan fingerprint density at radius 2 is 2.12 bits per heavy atom. The Kier molecular flexibility index (Phi) is 6.48. The molecular formula is C19H15BrClNO2. The SMILES string of the molecule is C=CCOc1c(Br)cc(C=C(C#N)c2ccccc2Cl)cc1OC. The zero-order valence-electron chi connectivity index (χ0n) is 13.1. The normalized spacial score (nSPS) is 10.8. The number of nitrogens with zero attached hydrogens (tertiary/aromatic N) is 1. The van der Waals surface area contributed by atoms with Crippen LogP contribution in [-0.2, 0) is 0 Å². The molecule has 5 heteroatoms. The molecule has 0 aliphatic carbocycles. The van der Waals surface area contributed by atoms with Crippen molar-refractivity contribution in [3.05, 3.63) is 69.7 Å². The van der Waals surface area contributed by atoms with Crippen molar-refractivity contribution in [2.24, 2.45) is 0 Å². The van der Waals surface area contributed by atoms with Gasteiger partial charge in [0.2, 0.25) is 0 Å². The van der Waals surface area contributed by atoms with Gasteiger partial charge in [-0.1, -0.05) is 42.5 Å². The van der Waals surface area contributed by atoms with E-state index in [1.807, 2.05) is 24.3 Å². The van der Waals surface area contributed by atoms with Gasteiger partial charge in [0, 0.05) is 10.6 Å². The molecule has 0 aromatic heterocycles. The molecule has 0 aliphatic rings. The van der Waals surface area contributed by atoms with Crippen molar-refractivity contribution in [2.75, 3.05) is 13.7 Å². The van der Waals surface area contributed by atoms with Gasteiger partial charge in [0.25, 0.3) is 0 Å². The summed E-state index contributed by atoms with van der Waals surface area (Å²) in [6.45, 7) is 4.00.